The average molecular weight is 345 g/mol. The monoisotopic (exact) mass is 345 g/mol. The molecule has 1 atom stereocenters. The number of halogens is 1. The number of carbonyl (C=O) groups excluding carboxylic acids is 1. The highest BCUT2D eigenvalue weighted by Gasteiger charge is 2.26. The second-order valence-corrected chi connectivity index (χ2v) is 6.72. The van der Waals surface area contributed by atoms with Gasteiger partial charge in [-0.05, 0) is 39.0 Å². The number of carbonyl (C=O) groups is 1. The Balaban J connectivity index is 1.83. The predicted octanol–water partition coefficient (Wildman–Crippen LogP) is 4.58. The van der Waals surface area contributed by atoms with Gasteiger partial charge in [-0.2, -0.15) is 0 Å². The molecular weight excluding hydrogens is 325 g/mol. The van der Waals surface area contributed by atoms with Crippen molar-refractivity contribution in [1.82, 2.24) is 5.32 Å². The number of nitrogens with one attached hydrogen (secondary N) is 1. The van der Waals surface area contributed by atoms with E-state index in [1.807, 2.05) is 18.2 Å². The molecule has 0 saturated heterocycles. The third-order valence-electron chi connectivity index (χ3n) is 3.49. The summed E-state index contributed by atoms with van der Waals surface area (Å²) in [5, 5.41) is 2.70. The number of ether oxygens (including phenoxy) is 3. The van der Waals surface area contributed by atoms with E-state index in [0.29, 0.717) is 17.2 Å². The van der Waals surface area contributed by atoms with E-state index in [0.717, 1.165) is 5.56 Å². The Morgan fingerprint density at radius 1 is 1.16 bits per heavy atom. The maximum atomic E-state index is 13.5. The highest BCUT2D eigenvalue weighted by Crippen LogP contribution is 2.41. The molecule has 0 aliphatic carbocycles. The molecular formula is C19H20FNO4. The molecule has 0 aromatic heterocycles. The molecule has 0 spiro atoms. The number of amides is 1. The summed E-state index contributed by atoms with van der Waals surface area (Å²) in [6, 6.07) is 11.4. The number of rotatable bonds is 2. The molecule has 0 bridgehead atoms. The van der Waals surface area contributed by atoms with E-state index < -0.39 is 23.6 Å². The number of hydrogen-bond donors (Lipinski definition) is 1. The van der Waals surface area contributed by atoms with Crippen LogP contribution in [0.15, 0.2) is 42.5 Å². The maximum Gasteiger partial charge on any atom is 0.407 e. The van der Waals surface area contributed by atoms with Gasteiger partial charge in [0.05, 0.1) is 6.54 Å². The molecule has 1 unspecified atom stereocenters. The van der Waals surface area contributed by atoms with Crippen LogP contribution in [0.25, 0.3) is 0 Å². The summed E-state index contributed by atoms with van der Waals surface area (Å²) >= 11 is 0. The number of fused-ring (bicyclic) bond motifs is 2. The quantitative estimate of drug-likeness (QED) is 0.866. The van der Waals surface area contributed by atoms with Crippen LogP contribution in [0.5, 0.6) is 17.2 Å². The van der Waals surface area contributed by atoms with Crippen LogP contribution < -0.4 is 14.8 Å². The molecule has 1 N–H and O–H groups in total. The van der Waals surface area contributed by atoms with Gasteiger partial charge in [0.15, 0.2) is 11.5 Å². The Hall–Kier alpha value is -2.76. The zero-order chi connectivity index (χ0) is 18.0. The van der Waals surface area contributed by atoms with Gasteiger partial charge in [0.2, 0.25) is 0 Å². The summed E-state index contributed by atoms with van der Waals surface area (Å²) in [7, 11) is 0. The fourth-order valence-electron chi connectivity index (χ4n) is 2.48. The van der Waals surface area contributed by atoms with Gasteiger partial charge in [-0.15, -0.1) is 0 Å². The largest absolute Gasteiger partial charge is 0.480 e. The van der Waals surface area contributed by atoms with Crippen LogP contribution in [0.2, 0.25) is 0 Å². The van der Waals surface area contributed by atoms with Crippen molar-refractivity contribution >= 4 is 6.09 Å². The summed E-state index contributed by atoms with van der Waals surface area (Å²) in [5.41, 5.74) is 0.176. The van der Waals surface area contributed by atoms with Gasteiger partial charge in [0.25, 0.3) is 0 Å². The van der Waals surface area contributed by atoms with Crippen molar-refractivity contribution in [2.24, 2.45) is 0 Å². The smallest absolute Gasteiger partial charge is 0.407 e. The molecule has 132 valence electrons. The van der Waals surface area contributed by atoms with E-state index in [4.69, 9.17) is 14.2 Å². The summed E-state index contributed by atoms with van der Waals surface area (Å²) in [6.45, 7) is 5.57. The summed E-state index contributed by atoms with van der Waals surface area (Å²) in [6.07, 6.45) is -1.02. The van der Waals surface area contributed by atoms with Gasteiger partial charge in [-0.3, -0.25) is 0 Å². The minimum atomic E-state index is -0.584. The number of alkyl carbamates (subject to hydrolysis) is 1. The Morgan fingerprint density at radius 2 is 1.92 bits per heavy atom. The molecule has 1 amide bonds. The van der Waals surface area contributed by atoms with Crippen molar-refractivity contribution in [1.29, 1.82) is 0 Å². The number of para-hydroxylation sites is 1. The fourth-order valence-corrected chi connectivity index (χ4v) is 2.48. The lowest BCUT2D eigenvalue weighted by molar-refractivity contribution is 0.0501. The molecule has 25 heavy (non-hydrogen) atoms. The van der Waals surface area contributed by atoms with Crippen molar-refractivity contribution in [3.05, 3.63) is 53.8 Å². The van der Waals surface area contributed by atoms with Crippen LogP contribution in [0.4, 0.5) is 9.18 Å². The minimum absolute atomic E-state index is 0.187. The second-order valence-electron chi connectivity index (χ2n) is 6.72. The highest BCUT2D eigenvalue weighted by molar-refractivity contribution is 5.67. The molecule has 0 saturated carbocycles. The number of hydrogen-bond acceptors (Lipinski definition) is 4. The highest BCUT2D eigenvalue weighted by atomic mass is 19.1. The molecule has 0 fully saturated rings. The van der Waals surface area contributed by atoms with Crippen LogP contribution in [0.1, 0.15) is 32.4 Å². The summed E-state index contributed by atoms with van der Waals surface area (Å²) in [4.78, 5) is 11.9. The molecule has 1 aliphatic heterocycles. The Kier molecular flexibility index (Phi) is 4.53. The number of benzene rings is 2. The fraction of sp³-hybridized carbons (Fsp3) is 0.316. The molecule has 0 radical (unpaired) electrons. The Labute approximate surface area is 145 Å². The first-order valence-corrected chi connectivity index (χ1v) is 8.02. The molecule has 1 aliphatic rings. The van der Waals surface area contributed by atoms with Crippen molar-refractivity contribution < 1.29 is 23.4 Å². The van der Waals surface area contributed by atoms with Gasteiger partial charge in [0, 0.05) is 11.6 Å². The van der Waals surface area contributed by atoms with Gasteiger partial charge in [0.1, 0.15) is 23.3 Å². The van der Waals surface area contributed by atoms with Crippen molar-refractivity contribution in [2.75, 3.05) is 6.54 Å². The van der Waals surface area contributed by atoms with Gasteiger partial charge in [-0.25, -0.2) is 9.18 Å². The topological polar surface area (TPSA) is 56.8 Å². The van der Waals surface area contributed by atoms with Crippen LogP contribution in [0, 0.1) is 5.82 Å². The van der Waals surface area contributed by atoms with Crippen LogP contribution in [0.3, 0.4) is 0 Å². The van der Waals surface area contributed by atoms with E-state index in [1.54, 1.807) is 26.8 Å². The first-order chi connectivity index (χ1) is 11.8. The first kappa shape index (κ1) is 17.1. The zero-order valence-electron chi connectivity index (χ0n) is 14.3. The molecule has 3 rings (SSSR count). The van der Waals surface area contributed by atoms with E-state index in [9.17, 15) is 9.18 Å². The summed E-state index contributed by atoms with van der Waals surface area (Å²) < 4.78 is 30.5. The van der Waals surface area contributed by atoms with Crippen LogP contribution >= 0.6 is 0 Å². The lowest BCUT2D eigenvalue weighted by Gasteiger charge is -2.22. The average Bonchev–Trinajstić information content (AvgIpc) is 2.67. The van der Waals surface area contributed by atoms with E-state index in [-0.39, 0.29) is 6.54 Å². The van der Waals surface area contributed by atoms with Gasteiger partial charge < -0.3 is 19.5 Å². The van der Waals surface area contributed by atoms with Crippen molar-refractivity contribution in [3.63, 3.8) is 0 Å². The van der Waals surface area contributed by atoms with Crippen LogP contribution in [-0.4, -0.2) is 18.2 Å². The third kappa shape index (κ3) is 4.21. The molecule has 2 aromatic rings. The normalized spacial score (nSPS) is 15.8. The van der Waals surface area contributed by atoms with Crippen molar-refractivity contribution in [2.45, 2.75) is 32.5 Å². The van der Waals surface area contributed by atoms with E-state index in [1.165, 1.54) is 18.2 Å². The molecule has 2 aromatic carbocycles. The Morgan fingerprint density at radius 3 is 2.68 bits per heavy atom. The van der Waals surface area contributed by atoms with Gasteiger partial charge >= 0.3 is 6.09 Å². The second kappa shape index (κ2) is 6.63. The maximum absolute atomic E-state index is 13.5. The SMILES string of the molecule is CC(C)(C)OC(=O)NCC1Oc2ccc(F)cc2Oc2ccccc21. The standard InChI is InChI=1S/C19H20FNO4/c1-19(2,3)25-18(22)21-11-17-13-6-4-5-7-14(13)23-16-10-12(20)8-9-15(16)24-17/h4-10,17H,11H2,1-3H3,(H,21,22). The van der Waals surface area contributed by atoms with Crippen molar-refractivity contribution in [3.8, 4) is 17.2 Å². The minimum Gasteiger partial charge on any atom is -0.480 e. The summed E-state index contributed by atoms with van der Waals surface area (Å²) in [5.74, 6) is 0.855. The van der Waals surface area contributed by atoms with E-state index in [2.05, 4.69) is 5.32 Å². The lowest BCUT2D eigenvalue weighted by Crippen LogP contribution is -2.35. The van der Waals surface area contributed by atoms with Gasteiger partial charge in [-0.1, -0.05) is 18.2 Å². The van der Waals surface area contributed by atoms with Crippen LogP contribution in [-0.2, 0) is 4.74 Å². The zero-order valence-corrected chi connectivity index (χ0v) is 14.3. The molecule has 5 nitrogen and oxygen atoms in total. The molecule has 1 heterocycles. The predicted molar refractivity (Wildman–Crippen MR) is 90.5 cm³/mol. The first-order valence-electron chi connectivity index (χ1n) is 8.02. The third-order valence-corrected chi connectivity index (χ3v) is 3.49. The van der Waals surface area contributed by atoms with E-state index >= 15 is 0 Å². The lowest BCUT2D eigenvalue weighted by atomic mass is 10.1. The Bertz CT molecular complexity index is 785. The molecule has 6 heteroatoms.